The van der Waals surface area contributed by atoms with E-state index in [9.17, 15) is 18.7 Å². The van der Waals surface area contributed by atoms with Crippen molar-refractivity contribution in [2.75, 3.05) is 29.1 Å². The van der Waals surface area contributed by atoms with Gasteiger partial charge < -0.3 is 31.1 Å². The quantitative estimate of drug-likeness (QED) is 0.340. The van der Waals surface area contributed by atoms with Crippen LogP contribution in [0.25, 0.3) is 0 Å². The molecule has 1 fully saturated rings. The van der Waals surface area contributed by atoms with Gasteiger partial charge in [0.15, 0.2) is 23.2 Å². The highest BCUT2D eigenvalue weighted by atomic mass is 19.1. The van der Waals surface area contributed by atoms with Crippen molar-refractivity contribution < 1.29 is 23.4 Å². The van der Waals surface area contributed by atoms with Crippen LogP contribution in [0.4, 0.5) is 37.6 Å². The zero-order valence-electron chi connectivity index (χ0n) is 18.3. The average Bonchev–Trinajstić information content (AvgIpc) is 3.25. The Hall–Kier alpha value is -3.83. The van der Waals surface area contributed by atoms with Crippen LogP contribution in [0.15, 0.2) is 48.7 Å². The second-order valence-corrected chi connectivity index (χ2v) is 7.81. The summed E-state index contributed by atoms with van der Waals surface area (Å²) in [5.41, 5.74) is 1.41. The average molecular weight is 470 g/mol. The van der Waals surface area contributed by atoms with Crippen LogP contribution >= 0.6 is 0 Å². The number of carbonyl (C=O) groups is 1. The molecule has 1 aliphatic rings. The van der Waals surface area contributed by atoms with Gasteiger partial charge in [0, 0.05) is 49.1 Å². The summed E-state index contributed by atoms with van der Waals surface area (Å²) in [6, 6.07) is 11.0. The van der Waals surface area contributed by atoms with Gasteiger partial charge in [0.2, 0.25) is 11.9 Å². The maximum absolute atomic E-state index is 14.6. The van der Waals surface area contributed by atoms with E-state index in [1.165, 1.54) is 19.1 Å². The summed E-state index contributed by atoms with van der Waals surface area (Å²) >= 11 is 0. The van der Waals surface area contributed by atoms with Crippen molar-refractivity contribution in [1.82, 2.24) is 15.3 Å². The molecule has 0 unspecified atom stereocenters. The summed E-state index contributed by atoms with van der Waals surface area (Å²) in [7, 11) is 0. The molecule has 9 nitrogen and oxygen atoms in total. The number of hydrogen-bond acceptors (Lipinski definition) is 8. The molecule has 5 N–H and O–H groups in total. The number of aromatic nitrogens is 2. The Kier molecular flexibility index (Phi) is 7.14. The first-order chi connectivity index (χ1) is 16.4. The molecule has 0 radical (unpaired) electrons. The molecule has 1 saturated heterocycles. The maximum Gasteiger partial charge on any atom is 0.229 e. The van der Waals surface area contributed by atoms with Crippen molar-refractivity contribution in [1.29, 1.82) is 0 Å². The second-order valence-electron chi connectivity index (χ2n) is 7.81. The van der Waals surface area contributed by atoms with Gasteiger partial charge in [0.1, 0.15) is 6.10 Å². The summed E-state index contributed by atoms with van der Waals surface area (Å²) in [6.45, 7) is 1.92. The molecule has 11 heteroatoms. The van der Waals surface area contributed by atoms with Gasteiger partial charge in [-0.05, 0) is 30.3 Å². The standard InChI is InChI=1S/C23H24F2N6O3/c1-13(33)28-14-3-2-4-15(7-14)29-22-20(25)11-27-23(31-22)30-16-5-6-21(19(24)9-16)34-18-8-17(12-32)26-10-18/h2-7,9,11,17-18,26,32H,8,10,12H2,1H3,(H,28,33)(H2,27,29,30,31)/t17-,18+/m0/s1. The van der Waals surface area contributed by atoms with E-state index < -0.39 is 11.6 Å². The number of aliphatic hydroxyl groups excluding tert-OH is 1. The minimum atomic E-state index is -0.684. The van der Waals surface area contributed by atoms with E-state index in [0.29, 0.717) is 30.0 Å². The Morgan fingerprint density at radius 2 is 1.94 bits per heavy atom. The predicted molar refractivity (Wildman–Crippen MR) is 124 cm³/mol. The van der Waals surface area contributed by atoms with Crippen molar-refractivity contribution in [2.45, 2.75) is 25.5 Å². The SMILES string of the molecule is CC(=O)Nc1cccc(Nc2nc(Nc3ccc(O[C@H]4CN[C@H](CO)C4)c(F)c3)ncc2F)c1. The van der Waals surface area contributed by atoms with E-state index in [1.807, 2.05) is 0 Å². The lowest BCUT2D eigenvalue weighted by Crippen LogP contribution is -2.25. The molecule has 0 saturated carbocycles. The molecule has 2 heterocycles. The number of nitrogens with zero attached hydrogens (tertiary/aromatic N) is 2. The number of rotatable bonds is 8. The van der Waals surface area contributed by atoms with Gasteiger partial charge in [-0.15, -0.1) is 0 Å². The highest BCUT2D eigenvalue weighted by Crippen LogP contribution is 2.26. The molecule has 0 aliphatic carbocycles. The lowest BCUT2D eigenvalue weighted by molar-refractivity contribution is -0.114. The van der Waals surface area contributed by atoms with Crippen LogP contribution in [0.5, 0.6) is 5.75 Å². The zero-order chi connectivity index (χ0) is 24.1. The number of hydrogen-bond donors (Lipinski definition) is 5. The van der Waals surface area contributed by atoms with Crippen LogP contribution in [-0.2, 0) is 4.79 Å². The molecule has 2 aromatic carbocycles. The molecule has 34 heavy (non-hydrogen) atoms. The molecular formula is C23H24F2N6O3. The number of ether oxygens (including phenoxy) is 1. The van der Waals surface area contributed by atoms with Crippen LogP contribution < -0.4 is 26.0 Å². The first-order valence-electron chi connectivity index (χ1n) is 10.6. The highest BCUT2D eigenvalue weighted by Gasteiger charge is 2.25. The van der Waals surface area contributed by atoms with Gasteiger partial charge in [-0.1, -0.05) is 6.07 Å². The zero-order valence-corrected chi connectivity index (χ0v) is 18.3. The van der Waals surface area contributed by atoms with Crippen LogP contribution in [0.2, 0.25) is 0 Å². The summed E-state index contributed by atoms with van der Waals surface area (Å²) in [5.74, 6) is -1.43. The summed E-state index contributed by atoms with van der Waals surface area (Å²) in [4.78, 5) is 19.3. The van der Waals surface area contributed by atoms with Crippen LogP contribution in [0.3, 0.4) is 0 Å². The minimum absolute atomic E-state index is 0.000450. The Morgan fingerprint density at radius 1 is 1.15 bits per heavy atom. The van der Waals surface area contributed by atoms with Gasteiger partial charge in [0.05, 0.1) is 12.8 Å². The van der Waals surface area contributed by atoms with Crippen molar-refractivity contribution in [3.05, 3.63) is 60.3 Å². The third-order valence-electron chi connectivity index (χ3n) is 5.07. The first-order valence-corrected chi connectivity index (χ1v) is 10.6. The third-order valence-corrected chi connectivity index (χ3v) is 5.07. The molecular weight excluding hydrogens is 446 g/mol. The topological polar surface area (TPSA) is 120 Å². The number of anilines is 5. The fourth-order valence-corrected chi connectivity index (χ4v) is 3.52. The van der Waals surface area contributed by atoms with Crippen molar-refractivity contribution in [3.8, 4) is 5.75 Å². The molecule has 0 spiro atoms. The smallest absolute Gasteiger partial charge is 0.229 e. The maximum atomic E-state index is 14.6. The summed E-state index contributed by atoms with van der Waals surface area (Å²) in [5, 5.41) is 20.6. The van der Waals surface area contributed by atoms with Gasteiger partial charge in [-0.2, -0.15) is 4.98 Å². The molecule has 4 rings (SSSR count). The molecule has 1 aromatic heterocycles. The number of carbonyl (C=O) groups excluding carboxylic acids is 1. The summed E-state index contributed by atoms with van der Waals surface area (Å²) < 4.78 is 34.5. The van der Waals surface area contributed by atoms with Gasteiger partial charge in [0.25, 0.3) is 0 Å². The number of amides is 1. The van der Waals surface area contributed by atoms with Gasteiger partial charge >= 0.3 is 0 Å². The fourth-order valence-electron chi connectivity index (χ4n) is 3.52. The van der Waals surface area contributed by atoms with Gasteiger partial charge in [-0.25, -0.2) is 13.8 Å². The number of benzene rings is 2. The predicted octanol–water partition coefficient (Wildman–Crippen LogP) is 3.30. The molecule has 178 valence electrons. The van der Waals surface area contributed by atoms with Crippen LogP contribution in [0.1, 0.15) is 13.3 Å². The lowest BCUT2D eigenvalue weighted by atomic mass is 10.2. The monoisotopic (exact) mass is 470 g/mol. The van der Waals surface area contributed by atoms with Crippen LogP contribution in [-0.4, -0.2) is 46.3 Å². The molecule has 1 amide bonds. The largest absolute Gasteiger partial charge is 0.486 e. The fraction of sp³-hybridized carbons (Fsp3) is 0.261. The Labute approximate surface area is 194 Å². The van der Waals surface area contributed by atoms with Crippen molar-refractivity contribution in [2.24, 2.45) is 0 Å². The molecule has 1 aliphatic heterocycles. The first kappa shape index (κ1) is 23.3. The molecule has 0 bridgehead atoms. The Balaban J connectivity index is 1.44. The number of nitrogens with one attached hydrogen (secondary N) is 4. The highest BCUT2D eigenvalue weighted by molar-refractivity contribution is 5.89. The number of halogens is 2. The van der Waals surface area contributed by atoms with Gasteiger partial charge in [-0.3, -0.25) is 4.79 Å². The third kappa shape index (κ3) is 5.94. The summed E-state index contributed by atoms with van der Waals surface area (Å²) in [6.07, 6.45) is 1.35. The van der Waals surface area contributed by atoms with E-state index in [1.54, 1.807) is 30.3 Å². The number of aliphatic hydroxyl groups is 1. The van der Waals surface area contributed by atoms with Crippen LogP contribution in [0, 0.1) is 11.6 Å². The van der Waals surface area contributed by atoms with E-state index in [4.69, 9.17) is 4.74 Å². The molecule has 3 aromatic rings. The normalized spacial score (nSPS) is 17.3. The van der Waals surface area contributed by atoms with E-state index in [2.05, 4.69) is 31.2 Å². The van der Waals surface area contributed by atoms with Crippen molar-refractivity contribution in [3.63, 3.8) is 0 Å². The Bertz CT molecular complexity index is 1180. The van der Waals surface area contributed by atoms with Crippen molar-refractivity contribution >= 4 is 34.7 Å². The molecule has 2 atom stereocenters. The second kappa shape index (κ2) is 10.4. The Morgan fingerprint density at radius 3 is 2.68 bits per heavy atom. The minimum Gasteiger partial charge on any atom is -0.486 e. The van der Waals surface area contributed by atoms with E-state index in [-0.39, 0.29) is 42.2 Å². The van der Waals surface area contributed by atoms with E-state index in [0.717, 1.165) is 6.20 Å². The van der Waals surface area contributed by atoms with E-state index >= 15 is 0 Å². The lowest BCUT2D eigenvalue weighted by Gasteiger charge is -2.14.